The fourth-order valence-electron chi connectivity index (χ4n) is 3.21. The molecule has 126 valence electrons. The molecule has 0 fully saturated rings. The lowest BCUT2D eigenvalue weighted by atomic mass is 9.84. The van der Waals surface area contributed by atoms with Gasteiger partial charge in [-0.3, -0.25) is 0 Å². The van der Waals surface area contributed by atoms with Gasteiger partial charge in [0.2, 0.25) is 0 Å². The largest absolute Gasteiger partial charge is 0.508 e. The number of benzene rings is 2. The highest BCUT2D eigenvalue weighted by molar-refractivity contribution is 5.67. The van der Waals surface area contributed by atoms with Crippen LogP contribution in [0.1, 0.15) is 58.2 Å². The van der Waals surface area contributed by atoms with Crippen LogP contribution >= 0.6 is 0 Å². The number of ether oxygens (including phenoxy) is 1. The highest BCUT2D eigenvalue weighted by atomic mass is 16.5. The lowest BCUT2D eigenvalue weighted by Crippen LogP contribution is -2.26. The van der Waals surface area contributed by atoms with Crippen LogP contribution in [-0.2, 0) is 10.8 Å². The zero-order chi connectivity index (χ0) is 17.9. The average Bonchev–Trinajstić information content (AvgIpc) is 2.41. The molecule has 0 saturated carbocycles. The molecule has 0 spiro atoms. The maximum atomic E-state index is 10.3. The first-order valence-corrected chi connectivity index (χ1v) is 8.37. The van der Waals surface area contributed by atoms with E-state index in [2.05, 4.69) is 60.3 Å². The van der Waals surface area contributed by atoms with Crippen molar-refractivity contribution in [3.8, 4) is 17.2 Å². The summed E-state index contributed by atoms with van der Waals surface area (Å²) in [5, 5.41) is 12.4. The van der Waals surface area contributed by atoms with Crippen LogP contribution in [0, 0.1) is 0 Å². The standard InChI is InChI=1S/C22H26O2/c1-13-8-19-14(10-16(13)21(2,3)4)9-15-11-17(22(5,6)7)18(23)12-20(15)24-19/h8-12,23H,1H2,2-7H3. The second kappa shape index (κ2) is 5.14. The van der Waals surface area contributed by atoms with E-state index in [1.54, 1.807) is 6.07 Å². The molecule has 0 bridgehead atoms. The Bertz CT molecular complexity index is 922. The molecule has 0 amide bonds. The van der Waals surface area contributed by atoms with E-state index in [0.717, 1.165) is 27.3 Å². The Kier molecular flexibility index (Phi) is 3.56. The number of rotatable bonds is 0. The molecule has 24 heavy (non-hydrogen) atoms. The molecule has 2 nitrogen and oxygen atoms in total. The molecule has 2 aromatic rings. The summed E-state index contributed by atoms with van der Waals surface area (Å²) < 4.78 is 6.04. The zero-order valence-electron chi connectivity index (χ0n) is 15.4. The van der Waals surface area contributed by atoms with Crippen molar-refractivity contribution < 1.29 is 9.84 Å². The Morgan fingerprint density at radius 3 is 2.04 bits per heavy atom. The molecule has 0 unspecified atom stereocenters. The van der Waals surface area contributed by atoms with E-state index in [1.807, 2.05) is 12.1 Å². The Balaban J connectivity index is 2.25. The highest BCUT2D eigenvalue weighted by Crippen LogP contribution is 2.38. The fourth-order valence-corrected chi connectivity index (χ4v) is 3.21. The molecule has 2 heteroatoms. The van der Waals surface area contributed by atoms with Gasteiger partial charge in [0.1, 0.15) is 17.2 Å². The van der Waals surface area contributed by atoms with E-state index in [-0.39, 0.29) is 16.6 Å². The lowest BCUT2D eigenvalue weighted by Gasteiger charge is -2.25. The number of fused-ring (bicyclic) bond motifs is 2. The summed E-state index contributed by atoms with van der Waals surface area (Å²) in [6, 6.07) is 7.91. The van der Waals surface area contributed by atoms with Gasteiger partial charge in [0, 0.05) is 22.4 Å². The van der Waals surface area contributed by atoms with Crippen LogP contribution in [0.15, 0.2) is 24.3 Å². The summed E-state index contributed by atoms with van der Waals surface area (Å²) in [6.07, 6.45) is 2.14. The van der Waals surface area contributed by atoms with E-state index in [1.165, 1.54) is 5.56 Å². The molecule has 1 N–H and O–H groups in total. The fraction of sp³-hybridized carbons (Fsp3) is 0.364. The van der Waals surface area contributed by atoms with Gasteiger partial charge in [0.25, 0.3) is 0 Å². The third kappa shape index (κ3) is 2.82. The van der Waals surface area contributed by atoms with Crippen LogP contribution in [0.2, 0.25) is 0 Å². The quantitative estimate of drug-likeness (QED) is 0.667. The molecule has 3 rings (SSSR count). The number of hydrogen-bond acceptors (Lipinski definition) is 2. The van der Waals surface area contributed by atoms with Crippen molar-refractivity contribution in [1.82, 2.24) is 0 Å². The van der Waals surface area contributed by atoms with Crippen LogP contribution in [-0.4, -0.2) is 5.11 Å². The van der Waals surface area contributed by atoms with Crippen LogP contribution in [0.25, 0.3) is 12.7 Å². The first kappa shape index (κ1) is 16.6. The van der Waals surface area contributed by atoms with Crippen LogP contribution < -0.4 is 15.2 Å². The van der Waals surface area contributed by atoms with Crippen molar-refractivity contribution >= 4 is 12.7 Å². The summed E-state index contributed by atoms with van der Waals surface area (Å²) >= 11 is 0. The molecule has 0 aliphatic carbocycles. The normalized spacial score (nSPS) is 13.6. The maximum Gasteiger partial charge on any atom is 0.138 e. The number of hydrogen-bond donors (Lipinski definition) is 1. The third-order valence-electron chi connectivity index (χ3n) is 4.51. The molecule has 0 atom stereocenters. The van der Waals surface area contributed by atoms with Gasteiger partial charge >= 0.3 is 0 Å². The third-order valence-corrected chi connectivity index (χ3v) is 4.51. The molecule has 1 aliphatic rings. The molecular weight excluding hydrogens is 296 g/mol. The van der Waals surface area contributed by atoms with E-state index in [0.29, 0.717) is 5.75 Å². The molecule has 2 aromatic carbocycles. The van der Waals surface area contributed by atoms with Gasteiger partial charge in [-0.15, -0.1) is 0 Å². The summed E-state index contributed by atoms with van der Waals surface area (Å²) in [5.41, 5.74) is 3.06. The smallest absolute Gasteiger partial charge is 0.138 e. The van der Waals surface area contributed by atoms with Crippen molar-refractivity contribution in [2.24, 2.45) is 0 Å². The van der Waals surface area contributed by atoms with Gasteiger partial charge in [0.05, 0.1) is 0 Å². The van der Waals surface area contributed by atoms with E-state index >= 15 is 0 Å². The van der Waals surface area contributed by atoms with Gasteiger partial charge in [-0.25, -0.2) is 0 Å². The van der Waals surface area contributed by atoms with E-state index < -0.39 is 0 Å². The van der Waals surface area contributed by atoms with Crippen molar-refractivity contribution in [3.05, 3.63) is 51.4 Å². The predicted molar refractivity (Wildman–Crippen MR) is 100 cm³/mol. The van der Waals surface area contributed by atoms with Crippen molar-refractivity contribution in [1.29, 1.82) is 0 Å². The number of phenols is 1. The second-order valence-electron chi connectivity index (χ2n) is 8.70. The topological polar surface area (TPSA) is 29.5 Å². The molecule has 1 aliphatic heterocycles. The van der Waals surface area contributed by atoms with Gasteiger partial charge in [-0.2, -0.15) is 0 Å². The first-order valence-electron chi connectivity index (χ1n) is 8.37. The summed E-state index contributed by atoms with van der Waals surface area (Å²) in [4.78, 5) is 0. The Labute approximate surface area is 144 Å². The number of aromatic hydroxyl groups is 1. The average molecular weight is 322 g/mol. The SMILES string of the molecule is C=c1cc2c(cc1C(C)(C)C)=Cc1cc(C(C)(C)C)c(O)cc1O2. The Hall–Kier alpha value is -2.22. The maximum absolute atomic E-state index is 10.3. The van der Waals surface area contributed by atoms with Crippen molar-refractivity contribution in [2.75, 3.05) is 0 Å². The molecule has 1 heterocycles. The lowest BCUT2D eigenvalue weighted by molar-refractivity contribution is 0.431. The summed E-state index contributed by atoms with van der Waals surface area (Å²) in [7, 11) is 0. The zero-order valence-corrected chi connectivity index (χ0v) is 15.4. The molecule has 0 radical (unpaired) electrons. The highest BCUT2D eigenvalue weighted by Gasteiger charge is 2.23. The molecular formula is C22H26O2. The predicted octanol–water partition coefficient (Wildman–Crippen LogP) is 4.33. The van der Waals surface area contributed by atoms with Gasteiger partial charge in [0.15, 0.2) is 0 Å². The minimum absolute atomic E-state index is 0.0335. The minimum Gasteiger partial charge on any atom is -0.508 e. The van der Waals surface area contributed by atoms with Crippen LogP contribution in [0.3, 0.4) is 0 Å². The monoisotopic (exact) mass is 322 g/mol. The molecule has 0 saturated heterocycles. The van der Waals surface area contributed by atoms with Crippen LogP contribution in [0.5, 0.6) is 17.2 Å². The first-order chi connectivity index (χ1) is 11.0. The number of phenolic OH excluding ortho intramolecular Hbond substituents is 1. The van der Waals surface area contributed by atoms with E-state index in [4.69, 9.17) is 4.74 Å². The Morgan fingerprint density at radius 2 is 1.46 bits per heavy atom. The van der Waals surface area contributed by atoms with Gasteiger partial charge in [-0.05, 0) is 45.9 Å². The summed E-state index contributed by atoms with van der Waals surface area (Å²) in [6.45, 7) is 17.0. The Morgan fingerprint density at radius 1 is 0.833 bits per heavy atom. The van der Waals surface area contributed by atoms with Crippen molar-refractivity contribution in [2.45, 2.75) is 52.4 Å². The van der Waals surface area contributed by atoms with Gasteiger partial charge < -0.3 is 9.84 Å². The second-order valence-corrected chi connectivity index (χ2v) is 8.70. The summed E-state index contributed by atoms with van der Waals surface area (Å²) in [5.74, 6) is 1.76. The van der Waals surface area contributed by atoms with Gasteiger partial charge in [-0.1, -0.05) is 48.1 Å². The molecule has 0 aromatic heterocycles. The van der Waals surface area contributed by atoms with E-state index in [9.17, 15) is 5.11 Å². The van der Waals surface area contributed by atoms with Crippen LogP contribution in [0.4, 0.5) is 0 Å². The van der Waals surface area contributed by atoms with Crippen molar-refractivity contribution in [3.63, 3.8) is 0 Å². The minimum atomic E-state index is -0.124.